The molecule has 0 aromatic carbocycles. The molecule has 0 heteroatoms. The standard InChI is InChI=1S/3C12H24.3C11H22.C10H18.2C9H16.2C9H18/c1-10(2)7-11(3,4)9-12(5,6)8-10;1-9(2)10-11(3,4)7-8-12(10,5)6;1-6-10-7-11(2,3)9-12(4,5)8-10;1-9-6-10(2,3)8-11(4,5)7-9;1-9-10(2,3)7-6-8-11(9,4)5;1-6-9-10(2,3)7-8-11(9,4)5;1-7-8-4-5-9(6-8)10(7,2)3;1-6-7(2)9-4-3-8(6)5-9;1-2-8-5-7-3-4-9(8)6-7;1-8-4-6-9(2,3)7-5-8;1-8-6-4-5-7-9(8,2)3/h7-9H2,1-6H3;9-10H,7-8H2,1-6H3;10H,6-9H2,1-5H3;3*9H,6-8H2,1-5H3;7-9H,4-6H2,1-3H3;6-9H,3-5H2,1-2H3;7-9H,2-6H2,1H3;2*8H,4-7H2,1-3H3/t;;;;;;7-,8?,9?;6-,7?,8?,9?;;;8-/m......10..1/s1. The molecule has 14 rings (SSSR count). The molecule has 14 fully saturated rings. The summed E-state index contributed by atoms with van der Waals surface area (Å²) in [5.41, 5.74) is 9.41. The van der Waals surface area contributed by atoms with Gasteiger partial charge in [-0.2, -0.15) is 0 Å². The molecule has 14 aliphatic carbocycles. The molecule has 0 radical (unpaired) electrons. The van der Waals surface area contributed by atoms with E-state index in [1.807, 2.05) is 0 Å². The summed E-state index contributed by atoms with van der Waals surface area (Å²) in [5.74, 6) is 18.3. The zero-order valence-corrected chi connectivity index (χ0v) is 88.6. The largest absolute Gasteiger partial charge is 0.0651 e. The van der Waals surface area contributed by atoms with E-state index in [0.29, 0.717) is 86.6 Å². The number of rotatable bonds is 4. The Morgan fingerprint density at radius 2 is 0.678 bits per heavy atom. The molecule has 11 atom stereocenters. The molecular formula is C115H224. The van der Waals surface area contributed by atoms with Gasteiger partial charge >= 0.3 is 0 Å². The van der Waals surface area contributed by atoms with Crippen LogP contribution in [0.3, 0.4) is 0 Å². The maximum Gasteiger partial charge on any atom is -0.0288 e. The Labute approximate surface area is 730 Å². The van der Waals surface area contributed by atoms with Crippen LogP contribution in [0.4, 0.5) is 0 Å². The van der Waals surface area contributed by atoms with Gasteiger partial charge in [0.25, 0.3) is 0 Å². The Bertz CT molecular complexity index is 2590. The summed E-state index contributed by atoms with van der Waals surface area (Å²) in [6, 6.07) is 0. The van der Waals surface area contributed by atoms with Gasteiger partial charge in [-0.25, -0.2) is 0 Å². The van der Waals surface area contributed by atoms with Crippen molar-refractivity contribution in [2.24, 2.45) is 193 Å². The Balaban J connectivity index is 0.000000267. The zero-order valence-electron chi connectivity index (χ0n) is 88.6. The van der Waals surface area contributed by atoms with Crippen molar-refractivity contribution in [3.05, 3.63) is 0 Å². The van der Waals surface area contributed by atoms with Crippen molar-refractivity contribution in [3.8, 4) is 0 Å². The predicted octanol–water partition coefficient (Wildman–Crippen LogP) is 39.2. The van der Waals surface area contributed by atoms with Crippen LogP contribution >= 0.6 is 0 Å². The molecule has 0 heterocycles. The van der Waals surface area contributed by atoms with E-state index in [4.69, 9.17) is 0 Å². The highest BCUT2D eigenvalue weighted by molar-refractivity contribution is 5.02. The third-order valence-electron chi connectivity index (χ3n) is 37.6. The van der Waals surface area contributed by atoms with Crippen molar-refractivity contribution in [2.75, 3.05) is 0 Å². The van der Waals surface area contributed by atoms with Crippen molar-refractivity contribution in [2.45, 2.75) is 542 Å². The van der Waals surface area contributed by atoms with E-state index in [1.165, 1.54) is 205 Å². The molecular weight excluding hydrogens is 1380 g/mol. The molecule has 0 saturated heterocycles. The summed E-state index contributed by atoms with van der Waals surface area (Å²) in [7, 11) is 0. The first-order valence-corrected chi connectivity index (χ1v) is 51.8. The molecule has 0 aromatic rings. The summed E-state index contributed by atoms with van der Waals surface area (Å²) in [4.78, 5) is 0. The van der Waals surface area contributed by atoms with E-state index in [1.54, 1.807) is 32.1 Å². The van der Waals surface area contributed by atoms with Crippen LogP contribution in [-0.4, -0.2) is 0 Å². The topological polar surface area (TPSA) is 0 Å². The van der Waals surface area contributed by atoms with Crippen LogP contribution in [0.25, 0.3) is 0 Å². The van der Waals surface area contributed by atoms with E-state index in [2.05, 4.69) is 305 Å². The lowest BCUT2D eigenvalue weighted by atomic mass is 9.56. The molecule has 0 N–H and O–H groups in total. The number of hydrogen-bond acceptors (Lipinski definition) is 0. The van der Waals surface area contributed by atoms with Crippen LogP contribution in [0.15, 0.2) is 0 Å². The summed E-state index contributed by atoms with van der Waals surface area (Å²) in [6.07, 6.45) is 53.7. The molecule has 0 amide bonds. The van der Waals surface area contributed by atoms with Gasteiger partial charge in [-0.15, -0.1) is 0 Å². The normalized spacial score (nSPS) is 35.3. The quantitative estimate of drug-likeness (QED) is 0.263. The van der Waals surface area contributed by atoms with E-state index in [0.717, 1.165) is 107 Å². The van der Waals surface area contributed by atoms with Crippen LogP contribution in [0, 0.1) is 193 Å². The molecule has 14 aliphatic rings. The highest BCUT2D eigenvalue weighted by Crippen LogP contribution is 2.62. The van der Waals surface area contributed by atoms with Gasteiger partial charge in [0.15, 0.2) is 0 Å². The predicted molar refractivity (Wildman–Crippen MR) is 522 cm³/mol. The average Bonchev–Trinajstić information content (AvgIpc) is 1.16. The summed E-state index contributed by atoms with van der Waals surface area (Å²) < 4.78 is 0. The lowest BCUT2D eigenvalue weighted by molar-refractivity contribution is 0.0202. The molecule has 0 nitrogen and oxygen atoms in total. The Hall–Kier alpha value is 0. The van der Waals surface area contributed by atoms with Crippen molar-refractivity contribution < 1.29 is 0 Å². The van der Waals surface area contributed by atoms with Crippen molar-refractivity contribution >= 4 is 0 Å². The fraction of sp³-hybridized carbons (Fsp3) is 1.00. The fourth-order valence-electron chi connectivity index (χ4n) is 32.4. The van der Waals surface area contributed by atoms with Gasteiger partial charge in [-0.05, 0) is 367 Å². The molecule has 6 bridgehead atoms. The minimum Gasteiger partial charge on any atom is -0.0651 e. The Morgan fingerprint density at radius 1 is 0.287 bits per heavy atom. The van der Waals surface area contributed by atoms with Crippen LogP contribution in [0.5, 0.6) is 0 Å². The van der Waals surface area contributed by atoms with E-state index < -0.39 is 0 Å². The Kier molecular flexibility index (Phi) is 38.9. The average molecular weight is 1610 g/mol. The van der Waals surface area contributed by atoms with Crippen LogP contribution in [0.2, 0.25) is 0 Å². The van der Waals surface area contributed by atoms with E-state index >= 15 is 0 Å². The second-order valence-corrected chi connectivity index (χ2v) is 57.7. The van der Waals surface area contributed by atoms with Crippen molar-refractivity contribution in [3.63, 3.8) is 0 Å². The van der Waals surface area contributed by atoms with Gasteiger partial charge in [0.2, 0.25) is 0 Å². The summed E-state index contributed by atoms with van der Waals surface area (Å²) in [5, 5.41) is 0. The zero-order chi connectivity index (χ0) is 88.6. The van der Waals surface area contributed by atoms with Gasteiger partial charge in [0, 0.05) is 0 Å². The lowest BCUT2D eigenvalue weighted by Gasteiger charge is -2.49. The lowest BCUT2D eigenvalue weighted by Crippen LogP contribution is -2.38. The first-order valence-electron chi connectivity index (χ1n) is 51.8. The fourth-order valence-corrected chi connectivity index (χ4v) is 32.4. The highest BCUT2D eigenvalue weighted by atomic mass is 14.6. The summed E-state index contributed by atoms with van der Waals surface area (Å²) in [6.45, 7) is 106. The minimum absolute atomic E-state index is 0.547. The molecule has 0 aromatic heterocycles. The van der Waals surface area contributed by atoms with Gasteiger partial charge in [-0.3, -0.25) is 0 Å². The maximum atomic E-state index is 2.46. The SMILES string of the molecule is CC(C)C1C(C)(C)CCC1(C)C.CC1(C)CC(C)(C)CC(C)(C)C1.CC1C(C)(C)CCCC1(C)C.CC1C2CCC(C2)[C@H]1C.CC1CC(C)(C)CC(C)(C)C1.CC1CCC(C)(C)CC1.CCC1C(C)(C)CCC1(C)C.CCC1CC(C)(C)CC(C)(C)C1.CCC1CC2CCC1C2.C[C@@H]1C2CCC(C2)C1(C)C.C[C@@H]1CCCCC1(C)C. The molecule has 8 unspecified atom stereocenters. The van der Waals surface area contributed by atoms with E-state index in [-0.39, 0.29) is 0 Å². The first-order chi connectivity index (χ1) is 51.8. The van der Waals surface area contributed by atoms with Crippen molar-refractivity contribution in [1.82, 2.24) is 0 Å². The van der Waals surface area contributed by atoms with Gasteiger partial charge in [0.05, 0.1) is 0 Å². The molecule has 684 valence electrons. The van der Waals surface area contributed by atoms with Crippen molar-refractivity contribution in [1.29, 1.82) is 0 Å². The second kappa shape index (κ2) is 41.6. The third kappa shape index (κ3) is 33.4. The van der Waals surface area contributed by atoms with E-state index in [9.17, 15) is 0 Å². The number of hydrogen-bond donors (Lipinski definition) is 0. The summed E-state index contributed by atoms with van der Waals surface area (Å²) >= 11 is 0. The van der Waals surface area contributed by atoms with Gasteiger partial charge in [0.1, 0.15) is 0 Å². The number of fused-ring (bicyclic) bond motifs is 6. The first kappa shape index (κ1) is 107. The van der Waals surface area contributed by atoms with Gasteiger partial charge < -0.3 is 0 Å². The van der Waals surface area contributed by atoms with Crippen LogP contribution in [-0.2, 0) is 0 Å². The molecule has 115 heavy (non-hydrogen) atoms. The smallest absolute Gasteiger partial charge is 0.0288 e. The maximum absolute atomic E-state index is 2.46. The second-order valence-electron chi connectivity index (χ2n) is 57.7. The Morgan fingerprint density at radius 3 is 0.930 bits per heavy atom. The third-order valence-corrected chi connectivity index (χ3v) is 37.6. The monoisotopic (exact) mass is 1610 g/mol. The highest BCUT2D eigenvalue weighted by Gasteiger charge is 2.52. The van der Waals surface area contributed by atoms with Crippen LogP contribution in [0.1, 0.15) is 542 Å². The molecule has 0 spiro atoms. The van der Waals surface area contributed by atoms with Gasteiger partial charge in [-0.1, -0.05) is 369 Å². The minimum atomic E-state index is 0.547. The molecule has 0 aliphatic heterocycles. The molecule has 14 saturated carbocycles. The van der Waals surface area contributed by atoms with Crippen LogP contribution < -0.4 is 0 Å².